The highest BCUT2D eigenvalue weighted by Gasteiger charge is 2.24. The van der Waals surface area contributed by atoms with Gasteiger partial charge < -0.3 is 5.11 Å². The molecule has 1 unspecified atom stereocenters. The van der Waals surface area contributed by atoms with Gasteiger partial charge in [0, 0.05) is 6.04 Å². The summed E-state index contributed by atoms with van der Waals surface area (Å²) in [4.78, 5) is 0.685. The van der Waals surface area contributed by atoms with Crippen molar-refractivity contribution in [3.63, 3.8) is 0 Å². The standard InChI is InChI=1S/C12H15NO3S3/c1-8-6-18-11(5-14)12(8)19(15,16)13-9(2)10-3-4-17-7-10/h3-4,6-7,9,13-14H,5H2,1-2H3. The maximum Gasteiger partial charge on any atom is 0.242 e. The SMILES string of the molecule is Cc1csc(CO)c1S(=O)(=O)NC(C)c1ccsc1. The Morgan fingerprint density at radius 3 is 2.74 bits per heavy atom. The number of hydrogen-bond donors (Lipinski definition) is 2. The third-order valence-electron chi connectivity index (χ3n) is 2.78. The molecule has 0 fully saturated rings. The van der Waals surface area contributed by atoms with E-state index in [4.69, 9.17) is 0 Å². The Labute approximate surface area is 120 Å². The number of nitrogens with one attached hydrogen (secondary N) is 1. The summed E-state index contributed by atoms with van der Waals surface area (Å²) in [6.07, 6.45) is 0. The number of thiophene rings is 2. The molecule has 2 rings (SSSR count). The number of hydrogen-bond acceptors (Lipinski definition) is 5. The zero-order valence-electron chi connectivity index (χ0n) is 10.6. The van der Waals surface area contributed by atoms with E-state index in [9.17, 15) is 13.5 Å². The molecule has 0 aliphatic carbocycles. The van der Waals surface area contributed by atoms with Crippen LogP contribution in [-0.4, -0.2) is 13.5 Å². The third-order valence-corrected chi connectivity index (χ3v) is 6.47. The first-order valence-corrected chi connectivity index (χ1v) is 8.98. The zero-order valence-corrected chi connectivity index (χ0v) is 13.0. The van der Waals surface area contributed by atoms with E-state index in [0.717, 1.165) is 5.56 Å². The molecule has 0 saturated carbocycles. The van der Waals surface area contributed by atoms with Crippen LogP contribution in [0.2, 0.25) is 0 Å². The minimum atomic E-state index is -3.61. The summed E-state index contributed by atoms with van der Waals surface area (Å²) in [6.45, 7) is 3.28. The minimum Gasteiger partial charge on any atom is -0.391 e. The maximum absolute atomic E-state index is 12.4. The van der Waals surface area contributed by atoms with Gasteiger partial charge in [-0.1, -0.05) is 0 Å². The van der Waals surface area contributed by atoms with Gasteiger partial charge in [-0.3, -0.25) is 0 Å². The van der Waals surface area contributed by atoms with E-state index < -0.39 is 10.0 Å². The predicted octanol–water partition coefficient (Wildman–Crippen LogP) is 2.65. The lowest BCUT2D eigenvalue weighted by molar-refractivity contribution is 0.282. The summed E-state index contributed by atoms with van der Waals surface area (Å²) in [5, 5.41) is 14.8. The summed E-state index contributed by atoms with van der Waals surface area (Å²) in [5.41, 5.74) is 1.60. The fourth-order valence-electron chi connectivity index (χ4n) is 1.84. The molecule has 0 bridgehead atoms. The van der Waals surface area contributed by atoms with E-state index in [1.54, 1.807) is 19.2 Å². The first-order valence-electron chi connectivity index (χ1n) is 5.68. The number of aliphatic hydroxyl groups is 1. The molecule has 4 nitrogen and oxygen atoms in total. The van der Waals surface area contributed by atoms with Crippen molar-refractivity contribution in [2.45, 2.75) is 31.4 Å². The smallest absolute Gasteiger partial charge is 0.242 e. The van der Waals surface area contributed by atoms with Crippen molar-refractivity contribution in [3.8, 4) is 0 Å². The number of aliphatic hydroxyl groups excluding tert-OH is 1. The lowest BCUT2D eigenvalue weighted by Gasteiger charge is -2.14. The summed E-state index contributed by atoms with van der Waals surface area (Å²) < 4.78 is 27.4. The Bertz CT molecular complexity index is 644. The third kappa shape index (κ3) is 3.06. The zero-order chi connectivity index (χ0) is 14.0. The first-order chi connectivity index (χ1) is 8.95. The van der Waals surface area contributed by atoms with Crippen LogP contribution in [0.4, 0.5) is 0 Å². The van der Waals surface area contributed by atoms with Gasteiger partial charge in [0.2, 0.25) is 10.0 Å². The Morgan fingerprint density at radius 1 is 1.42 bits per heavy atom. The molecule has 2 N–H and O–H groups in total. The molecule has 2 aromatic rings. The van der Waals surface area contributed by atoms with Crippen LogP contribution in [0.25, 0.3) is 0 Å². The quantitative estimate of drug-likeness (QED) is 0.891. The largest absolute Gasteiger partial charge is 0.391 e. The second kappa shape index (κ2) is 5.72. The molecule has 19 heavy (non-hydrogen) atoms. The molecule has 0 amide bonds. The van der Waals surface area contributed by atoms with Crippen LogP contribution < -0.4 is 4.72 Å². The van der Waals surface area contributed by atoms with Crippen LogP contribution >= 0.6 is 22.7 Å². The highest BCUT2D eigenvalue weighted by Crippen LogP contribution is 2.28. The molecule has 2 heterocycles. The Morgan fingerprint density at radius 2 is 2.16 bits per heavy atom. The number of sulfonamides is 1. The van der Waals surface area contributed by atoms with Gasteiger partial charge >= 0.3 is 0 Å². The minimum absolute atomic E-state index is 0.210. The van der Waals surface area contributed by atoms with E-state index in [-0.39, 0.29) is 17.5 Å². The molecule has 104 valence electrons. The van der Waals surface area contributed by atoms with Crippen molar-refractivity contribution in [1.29, 1.82) is 0 Å². The first kappa shape index (κ1) is 14.7. The average molecular weight is 317 g/mol. The topological polar surface area (TPSA) is 66.4 Å². The van der Waals surface area contributed by atoms with Crippen molar-refractivity contribution >= 4 is 32.7 Å². The molecular weight excluding hydrogens is 302 g/mol. The van der Waals surface area contributed by atoms with Gasteiger partial charge in [0.05, 0.1) is 11.5 Å². The van der Waals surface area contributed by atoms with Crippen LogP contribution in [0.5, 0.6) is 0 Å². The van der Waals surface area contributed by atoms with Crippen molar-refractivity contribution < 1.29 is 13.5 Å². The summed E-state index contributed by atoms with van der Waals surface area (Å²) in [5.74, 6) is 0. The highest BCUT2D eigenvalue weighted by molar-refractivity contribution is 7.89. The van der Waals surface area contributed by atoms with Crippen LogP contribution in [0, 0.1) is 6.92 Å². The molecule has 1 atom stereocenters. The molecule has 0 spiro atoms. The van der Waals surface area contributed by atoms with Crippen molar-refractivity contribution in [1.82, 2.24) is 4.72 Å². The molecule has 7 heteroatoms. The van der Waals surface area contributed by atoms with E-state index in [1.165, 1.54) is 22.7 Å². The Hall–Kier alpha value is -0.730. The van der Waals surface area contributed by atoms with Crippen molar-refractivity contribution in [2.24, 2.45) is 0 Å². The van der Waals surface area contributed by atoms with Gasteiger partial charge in [0.15, 0.2) is 0 Å². The lowest BCUT2D eigenvalue weighted by atomic mass is 10.2. The van der Waals surface area contributed by atoms with Crippen LogP contribution in [-0.2, 0) is 16.6 Å². The van der Waals surface area contributed by atoms with Crippen LogP contribution in [0.1, 0.15) is 29.0 Å². The van der Waals surface area contributed by atoms with E-state index in [0.29, 0.717) is 10.4 Å². The number of aryl methyl sites for hydroxylation is 1. The van der Waals surface area contributed by atoms with Gasteiger partial charge in [-0.15, -0.1) is 11.3 Å². The molecule has 0 aromatic carbocycles. The van der Waals surface area contributed by atoms with E-state index in [1.807, 2.05) is 16.8 Å². The molecule has 0 aliphatic rings. The molecule has 2 aromatic heterocycles. The second-order valence-electron chi connectivity index (χ2n) is 4.23. The van der Waals surface area contributed by atoms with Crippen LogP contribution in [0.15, 0.2) is 27.1 Å². The van der Waals surface area contributed by atoms with Crippen molar-refractivity contribution in [3.05, 3.63) is 38.2 Å². The summed E-state index contributed by atoms with van der Waals surface area (Å²) >= 11 is 2.79. The van der Waals surface area contributed by atoms with Gasteiger partial charge in [-0.2, -0.15) is 11.3 Å². The second-order valence-corrected chi connectivity index (χ2v) is 7.62. The average Bonchev–Trinajstić information content (AvgIpc) is 2.96. The predicted molar refractivity (Wildman–Crippen MR) is 78.0 cm³/mol. The summed E-state index contributed by atoms with van der Waals surface area (Å²) in [7, 11) is -3.61. The van der Waals surface area contributed by atoms with E-state index in [2.05, 4.69) is 4.72 Å². The fourth-order valence-corrected chi connectivity index (χ4v) is 5.49. The lowest BCUT2D eigenvalue weighted by Crippen LogP contribution is -2.27. The molecule has 0 radical (unpaired) electrons. The van der Waals surface area contributed by atoms with Crippen molar-refractivity contribution in [2.75, 3.05) is 0 Å². The van der Waals surface area contributed by atoms with Crippen LogP contribution in [0.3, 0.4) is 0 Å². The van der Waals surface area contributed by atoms with Gasteiger partial charge in [0.1, 0.15) is 4.90 Å². The maximum atomic E-state index is 12.4. The molecular formula is C12H15NO3S3. The Kier molecular flexibility index (Phi) is 4.42. The van der Waals surface area contributed by atoms with Gasteiger partial charge in [-0.05, 0) is 47.2 Å². The Balaban J connectivity index is 2.30. The molecule has 0 aliphatic heterocycles. The molecule has 0 saturated heterocycles. The summed E-state index contributed by atoms with van der Waals surface area (Å²) in [6, 6.07) is 1.60. The monoisotopic (exact) mass is 317 g/mol. The van der Waals surface area contributed by atoms with Gasteiger partial charge in [0.25, 0.3) is 0 Å². The van der Waals surface area contributed by atoms with Gasteiger partial charge in [-0.25, -0.2) is 13.1 Å². The fraction of sp³-hybridized carbons (Fsp3) is 0.333. The highest BCUT2D eigenvalue weighted by atomic mass is 32.2. The normalized spacial score (nSPS) is 13.6. The van der Waals surface area contributed by atoms with E-state index >= 15 is 0 Å². The number of rotatable bonds is 5.